The van der Waals surface area contributed by atoms with Crippen LogP contribution in [0.5, 0.6) is 5.75 Å². The largest absolute Gasteiger partial charge is 0.497 e. The van der Waals surface area contributed by atoms with Gasteiger partial charge in [-0.15, -0.1) is 11.8 Å². The van der Waals surface area contributed by atoms with Gasteiger partial charge in [0.05, 0.1) is 7.11 Å². The summed E-state index contributed by atoms with van der Waals surface area (Å²) < 4.78 is 5.27. The van der Waals surface area contributed by atoms with Crippen molar-refractivity contribution in [2.45, 2.75) is 10.9 Å². The van der Waals surface area contributed by atoms with Crippen LogP contribution in [0.3, 0.4) is 0 Å². The third-order valence-electron chi connectivity index (χ3n) is 2.91. The summed E-state index contributed by atoms with van der Waals surface area (Å²) in [5, 5.41) is 3.35. The average Bonchev–Trinajstić information content (AvgIpc) is 2.49. The van der Waals surface area contributed by atoms with Gasteiger partial charge in [0.25, 0.3) is 0 Å². The van der Waals surface area contributed by atoms with Gasteiger partial charge in [0.2, 0.25) is 0 Å². The lowest BCUT2D eigenvalue weighted by Crippen LogP contribution is -2.18. The molecule has 1 unspecified atom stereocenters. The number of aromatic nitrogens is 1. The van der Waals surface area contributed by atoms with E-state index in [0.717, 1.165) is 11.5 Å². The van der Waals surface area contributed by atoms with Crippen LogP contribution in [0.1, 0.15) is 11.6 Å². The van der Waals surface area contributed by atoms with E-state index in [4.69, 9.17) is 4.74 Å². The average molecular weight is 274 g/mol. The molecule has 2 rings (SSSR count). The lowest BCUT2D eigenvalue weighted by molar-refractivity contribution is 0.413. The Morgan fingerprint density at radius 1 is 1.26 bits per heavy atom. The molecule has 0 aliphatic rings. The molecule has 19 heavy (non-hydrogen) atoms. The summed E-state index contributed by atoms with van der Waals surface area (Å²) in [6.45, 7) is 0. The fourth-order valence-electron chi connectivity index (χ4n) is 1.82. The van der Waals surface area contributed by atoms with Gasteiger partial charge in [0.15, 0.2) is 0 Å². The molecule has 0 aliphatic carbocycles. The minimum absolute atomic E-state index is 0.299. The summed E-state index contributed by atoms with van der Waals surface area (Å²) in [6.07, 6.45) is 3.64. The minimum Gasteiger partial charge on any atom is -0.497 e. The molecule has 0 saturated carbocycles. The summed E-state index contributed by atoms with van der Waals surface area (Å²) in [4.78, 5) is 5.26. The van der Waals surface area contributed by atoms with Gasteiger partial charge in [0.1, 0.15) is 5.75 Å². The van der Waals surface area contributed by atoms with E-state index in [-0.39, 0.29) is 0 Å². The van der Waals surface area contributed by atoms with Gasteiger partial charge in [-0.2, -0.15) is 0 Å². The summed E-state index contributed by atoms with van der Waals surface area (Å²) in [5.74, 6) is 1.86. The zero-order chi connectivity index (χ0) is 13.5. The molecule has 0 radical (unpaired) electrons. The van der Waals surface area contributed by atoms with Crippen molar-refractivity contribution in [2.75, 3.05) is 19.9 Å². The Morgan fingerprint density at radius 3 is 2.74 bits per heavy atom. The maximum atomic E-state index is 5.27. The summed E-state index contributed by atoms with van der Waals surface area (Å²) >= 11 is 1.82. The number of rotatable bonds is 6. The quantitative estimate of drug-likeness (QED) is 0.821. The first-order valence-electron chi connectivity index (χ1n) is 6.17. The van der Waals surface area contributed by atoms with Crippen LogP contribution in [0.4, 0.5) is 0 Å². The van der Waals surface area contributed by atoms with Gasteiger partial charge in [-0.05, 0) is 36.9 Å². The molecule has 0 aliphatic heterocycles. The maximum Gasteiger partial charge on any atom is 0.119 e. The van der Waals surface area contributed by atoms with E-state index >= 15 is 0 Å². The van der Waals surface area contributed by atoms with Crippen LogP contribution >= 0.6 is 11.8 Å². The highest BCUT2D eigenvalue weighted by molar-refractivity contribution is 7.99. The molecule has 1 heterocycles. The second kappa shape index (κ2) is 7.16. The molecule has 1 N–H and O–H groups in total. The van der Waals surface area contributed by atoms with Crippen LogP contribution in [0.2, 0.25) is 0 Å². The number of thioether (sulfide) groups is 1. The number of nitrogens with zero attached hydrogens (tertiary/aromatic N) is 1. The highest BCUT2D eigenvalue weighted by Crippen LogP contribution is 2.25. The molecule has 100 valence electrons. The van der Waals surface area contributed by atoms with Crippen molar-refractivity contribution in [1.29, 1.82) is 0 Å². The Hall–Kier alpha value is -1.52. The lowest BCUT2D eigenvalue weighted by Gasteiger charge is -2.17. The molecule has 0 saturated heterocycles. The number of pyridine rings is 1. The Bertz CT molecular complexity index is 505. The molecule has 1 atom stereocenters. The minimum atomic E-state index is 0.299. The second-order valence-corrected chi connectivity index (χ2v) is 5.21. The van der Waals surface area contributed by atoms with Crippen molar-refractivity contribution in [3.05, 3.63) is 54.4 Å². The van der Waals surface area contributed by atoms with Crippen molar-refractivity contribution in [2.24, 2.45) is 0 Å². The van der Waals surface area contributed by atoms with Crippen molar-refractivity contribution in [3.63, 3.8) is 0 Å². The number of hydrogen-bond acceptors (Lipinski definition) is 4. The number of methoxy groups -OCH3 is 1. The van der Waals surface area contributed by atoms with Gasteiger partial charge >= 0.3 is 0 Å². The molecule has 3 nitrogen and oxygen atoms in total. The summed E-state index contributed by atoms with van der Waals surface area (Å²) in [6, 6.07) is 12.5. The Labute approximate surface area is 118 Å². The maximum absolute atomic E-state index is 5.27. The molecule has 0 spiro atoms. The van der Waals surface area contributed by atoms with Crippen LogP contribution < -0.4 is 10.1 Å². The van der Waals surface area contributed by atoms with Gasteiger partial charge in [-0.3, -0.25) is 4.98 Å². The van der Waals surface area contributed by atoms with E-state index in [1.165, 1.54) is 10.5 Å². The first-order valence-corrected chi connectivity index (χ1v) is 7.16. The monoisotopic (exact) mass is 274 g/mol. The first kappa shape index (κ1) is 13.9. The highest BCUT2D eigenvalue weighted by atomic mass is 32.2. The van der Waals surface area contributed by atoms with E-state index in [2.05, 4.69) is 22.4 Å². The van der Waals surface area contributed by atoms with Gasteiger partial charge < -0.3 is 10.1 Å². The van der Waals surface area contributed by atoms with Gasteiger partial charge in [0, 0.05) is 29.1 Å². The lowest BCUT2D eigenvalue weighted by atomic mass is 10.1. The van der Waals surface area contributed by atoms with E-state index in [1.807, 2.05) is 55.5 Å². The van der Waals surface area contributed by atoms with Gasteiger partial charge in [-0.1, -0.05) is 12.1 Å². The third kappa shape index (κ3) is 3.98. The van der Waals surface area contributed by atoms with Crippen molar-refractivity contribution in [3.8, 4) is 5.75 Å². The Kier molecular flexibility index (Phi) is 5.24. The Balaban J connectivity index is 2.03. The van der Waals surface area contributed by atoms with Crippen LogP contribution in [0, 0.1) is 0 Å². The van der Waals surface area contributed by atoms with Crippen molar-refractivity contribution >= 4 is 11.8 Å². The van der Waals surface area contributed by atoms with Crippen molar-refractivity contribution in [1.82, 2.24) is 10.3 Å². The standard InChI is InChI=1S/C15H18N2OS/c1-16-15(11-19-14-6-8-17-9-7-14)12-4-3-5-13(10-12)18-2/h3-10,15-16H,11H2,1-2H3. The molecule has 0 amide bonds. The number of hydrogen-bond donors (Lipinski definition) is 1. The second-order valence-electron chi connectivity index (χ2n) is 4.11. The zero-order valence-electron chi connectivity index (χ0n) is 11.2. The molecular formula is C15H18N2OS. The first-order chi connectivity index (χ1) is 9.33. The van der Waals surface area contributed by atoms with Crippen LogP contribution in [-0.4, -0.2) is 24.9 Å². The fraction of sp³-hybridized carbons (Fsp3) is 0.267. The van der Waals surface area contributed by atoms with E-state index < -0.39 is 0 Å². The van der Waals surface area contributed by atoms with Crippen molar-refractivity contribution < 1.29 is 4.74 Å². The smallest absolute Gasteiger partial charge is 0.119 e. The molecule has 1 aromatic carbocycles. The highest BCUT2D eigenvalue weighted by Gasteiger charge is 2.10. The van der Waals surface area contributed by atoms with Crippen LogP contribution in [0.15, 0.2) is 53.7 Å². The topological polar surface area (TPSA) is 34.2 Å². The zero-order valence-corrected chi connectivity index (χ0v) is 12.0. The molecular weight excluding hydrogens is 256 g/mol. The fourth-order valence-corrected chi connectivity index (χ4v) is 2.85. The predicted molar refractivity (Wildman–Crippen MR) is 79.8 cm³/mol. The predicted octanol–water partition coefficient (Wildman–Crippen LogP) is 3.14. The SMILES string of the molecule is CNC(CSc1ccncc1)c1cccc(OC)c1. The molecule has 0 fully saturated rings. The third-order valence-corrected chi connectivity index (χ3v) is 4.02. The molecule has 0 bridgehead atoms. The Morgan fingerprint density at radius 2 is 2.05 bits per heavy atom. The number of ether oxygens (including phenoxy) is 1. The molecule has 2 aromatic rings. The van der Waals surface area contributed by atoms with Gasteiger partial charge in [-0.25, -0.2) is 0 Å². The molecule has 1 aromatic heterocycles. The number of benzene rings is 1. The normalized spacial score (nSPS) is 12.1. The summed E-state index contributed by atoms with van der Waals surface area (Å²) in [7, 11) is 3.68. The van der Waals surface area contributed by atoms with Crippen LogP contribution in [-0.2, 0) is 0 Å². The summed E-state index contributed by atoms with van der Waals surface area (Å²) in [5.41, 5.74) is 1.24. The van der Waals surface area contributed by atoms with E-state index in [0.29, 0.717) is 6.04 Å². The number of nitrogens with one attached hydrogen (secondary N) is 1. The van der Waals surface area contributed by atoms with E-state index in [9.17, 15) is 0 Å². The molecule has 4 heteroatoms. The van der Waals surface area contributed by atoms with Crippen LogP contribution in [0.25, 0.3) is 0 Å². The van der Waals surface area contributed by atoms with E-state index in [1.54, 1.807) is 7.11 Å².